The second kappa shape index (κ2) is 38.8. The normalized spacial score (nSPS) is 17.1. The van der Waals surface area contributed by atoms with E-state index in [9.17, 15) is 71.7 Å². The molecule has 3 unspecified atom stereocenters. The summed E-state index contributed by atoms with van der Waals surface area (Å²) in [7, 11) is -17.0. The molecule has 0 radical (unpaired) electrons. The minimum atomic E-state index is -5.81. The van der Waals surface area contributed by atoms with Crippen molar-refractivity contribution in [2.24, 2.45) is 0 Å². The Bertz CT molecular complexity index is 2740. The van der Waals surface area contributed by atoms with Gasteiger partial charge in [-0.15, -0.1) is 5.53 Å². The van der Waals surface area contributed by atoms with E-state index in [2.05, 4.69) is 62.2 Å². The van der Waals surface area contributed by atoms with Crippen LogP contribution in [0.1, 0.15) is 56.7 Å². The first kappa shape index (κ1) is 75.7. The molecule has 3 rings (SSSR count). The zero-order chi connectivity index (χ0) is 65.5. The summed E-state index contributed by atoms with van der Waals surface area (Å²) in [5, 5.41) is 58.8. The van der Waals surface area contributed by atoms with Crippen molar-refractivity contribution in [3.8, 4) is 11.8 Å². The first-order chi connectivity index (χ1) is 41.4. The van der Waals surface area contributed by atoms with Crippen LogP contribution in [0.5, 0.6) is 0 Å². The number of carboxylic acids is 4. The van der Waals surface area contributed by atoms with Crippen molar-refractivity contribution in [2.45, 2.75) is 63.4 Å². The lowest BCUT2D eigenvalue weighted by molar-refractivity contribution is -0.139. The van der Waals surface area contributed by atoms with Gasteiger partial charge in [-0.1, -0.05) is 11.8 Å². The van der Waals surface area contributed by atoms with Gasteiger partial charge in [-0.2, -0.15) is 13.6 Å². The second-order valence-electron chi connectivity index (χ2n) is 18.9. The van der Waals surface area contributed by atoms with Gasteiger partial charge in [-0.05, 0) is 0 Å². The highest BCUT2D eigenvalue weighted by Gasteiger charge is 2.43. The highest BCUT2D eigenvalue weighted by atomic mass is 31.3. The Labute approximate surface area is 501 Å². The van der Waals surface area contributed by atoms with Crippen LogP contribution >= 0.6 is 23.5 Å². The molecule has 2 aliphatic heterocycles. The number of aliphatic carboxylic acids is 4. The number of hydrazine groups is 2. The van der Waals surface area contributed by atoms with Crippen LogP contribution in [0, 0.1) is 11.8 Å². The lowest BCUT2D eigenvalue weighted by Crippen LogP contribution is -2.41. The van der Waals surface area contributed by atoms with Gasteiger partial charge in [0, 0.05) is 110 Å². The number of nitrogens with one attached hydrogen (secondary N) is 6. The van der Waals surface area contributed by atoms with Gasteiger partial charge in [0.25, 0.3) is 0 Å². The van der Waals surface area contributed by atoms with Gasteiger partial charge < -0.3 is 102 Å². The Kier molecular flexibility index (Phi) is 33.3. The number of ether oxygens (including phenoxy) is 3. The third kappa shape index (κ3) is 33.7. The summed E-state index contributed by atoms with van der Waals surface area (Å²) in [5.74, 6) is -1.12. The molecule has 0 saturated carbocycles. The number of carboxylic acid groups (broad SMARTS) is 4. The Morgan fingerprint density at radius 1 is 0.693 bits per heavy atom. The van der Waals surface area contributed by atoms with Crippen LogP contribution in [-0.2, 0) is 79.4 Å². The summed E-state index contributed by atoms with van der Waals surface area (Å²) in [6, 6.07) is 0. The number of nitrogens with zero attached hydrogens (tertiary/aromatic N) is 6. The fourth-order valence-corrected chi connectivity index (χ4v) is 10.7. The molecule has 1 aromatic rings. The molecular weight excluding hydrogens is 1250 g/mol. The first-order valence-electron chi connectivity index (χ1n) is 26.6. The molecule has 43 heteroatoms. The fraction of sp³-hybridized carbons (Fsp3) is 0.644. The molecule has 88 heavy (non-hydrogen) atoms. The number of amides is 4. The van der Waals surface area contributed by atoms with Gasteiger partial charge in [0.1, 0.15) is 31.4 Å². The predicted octanol–water partition coefficient (Wildman–Crippen LogP) is -5.58. The molecule has 3 heterocycles. The summed E-state index contributed by atoms with van der Waals surface area (Å²) >= 11 is 0. The van der Waals surface area contributed by atoms with Gasteiger partial charge >= 0.3 is 53.0 Å². The number of hydrogen-bond donors (Lipinski definition) is 16. The van der Waals surface area contributed by atoms with Crippen molar-refractivity contribution in [1.82, 2.24) is 61.5 Å². The monoisotopic (exact) mass is 1320 g/mol. The third-order valence-electron chi connectivity index (χ3n) is 11.9. The van der Waals surface area contributed by atoms with Gasteiger partial charge in [0.2, 0.25) is 23.6 Å². The smallest absolute Gasteiger partial charge is 0.481 e. The Balaban J connectivity index is 1.40. The molecule has 1 fully saturated rings. The molecule has 1 aromatic heterocycles. The highest BCUT2D eigenvalue weighted by Crippen LogP contribution is 2.66. The molecule has 4 amide bonds. The Morgan fingerprint density at radius 3 is 1.74 bits per heavy atom. The van der Waals surface area contributed by atoms with Crippen molar-refractivity contribution in [1.29, 1.82) is 0 Å². The number of aromatic nitrogens is 2. The quantitative estimate of drug-likeness (QED) is 0.0164. The van der Waals surface area contributed by atoms with Crippen molar-refractivity contribution < 1.29 is 125 Å². The standard InChI is InChI=1S/C45H74N13O27P3/c46-44-31(25-58(45(72)51-44)39-24-33(59)34(83-39)28-82-87(76,77)85-88(78,79)84-86(73,74)75)2-1-9-47-37(62)29-80-22-12-50-38(63)30-81-23-21-57-27-32(52-53-57)26-56(13-3-35(60)48-10-19-54(15-5-40(64)65)16-6-41(66)67)14-4-36(61)49-11-20-55(17-7-42(68)69)18-8-43(70)71/h25,27,33-34,39,52-53,59H,3-24,26,28-30H2,(H,47,62)(H,48,60)(H,49,61)(H,50,63)(H,64,65)(H,66,67)(H,68,69)(H,70,71)(H,76,77)(H,78,79)(H2,46,51,72)(H2,73,74,75)/t33?,34-,39-/m1/s1. The number of carbonyl (C=O) groups excluding carboxylic acids is 4. The number of aliphatic hydroxyl groups is 1. The lowest BCUT2D eigenvalue weighted by atomic mass is 10.2. The maximum Gasteiger partial charge on any atom is 0.490 e. The van der Waals surface area contributed by atoms with Gasteiger partial charge in [0.05, 0.1) is 76.0 Å². The van der Waals surface area contributed by atoms with Crippen molar-refractivity contribution in [3.63, 3.8) is 0 Å². The Hall–Kier alpha value is -6.57. The molecule has 40 nitrogen and oxygen atoms in total. The van der Waals surface area contributed by atoms with Crippen LogP contribution in [0.15, 0.2) is 22.9 Å². The summed E-state index contributed by atoms with van der Waals surface area (Å²) in [4.78, 5) is 153. The number of carbonyl (C=O) groups is 8. The summed E-state index contributed by atoms with van der Waals surface area (Å²) in [6.07, 6.45) is -2.59. The SMILES string of the molecule is Nc1nc(=O)n([C@H]2CC(O)[C@@H](COP(=O)(O)OP(=O)(O)OP(=O)(O)O)O2)cc1C#CCNC(=O)COCCNC(=O)COCCN1C=C(CN(CCC(=O)NCCN(CCC(=O)O)CCC(=O)O)CCC(=O)NCCN(CCC(=O)O)CCC(=O)O)NN1. The lowest BCUT2D eigenvalue weighted by Gasteiger charge is -2.23. The van der Waals surface area contributed by atoms with Crippen molar-refractivity contribution in [3.05, 3.63) is 34.1 Å². The van der Waals surface area contributed by atoms with Crippen molar-refractivity contribution in [2.75, 3.05) is 130 Å². The highest BCUT2D eigenvalue weighted by molar-refractivity contribution is 7.66. The topological polar surface area (TPSA) is 571 Å². The molecular formula is C45H74N13O27P3. The van der Waals surface area contributed by atoms with Crippen LogP contribution < -0.4 is 43.7 Å². The second-order valence-corrected chi connectivity index (χ2v) is 23.3. The van der Waals surface area contributed by atoms with Crippen LogP contribution in [0.4, 0.5) is 5.82 Å². The largest absolute Gasteiger partial charge is 0.490 e. The minimum Gasteiger partial charge on any atom is -0.481 e. The summed E-state index contributed by atoms with van der Waals surface area (Å²) in [5.41, 5.74) is 11.4. The summed E-state index contributed by atoms with van der Waals surface area (Å²) < 4.78 is 63.4. The molecule has 0 spiro atoms. The van der Waals surface area contributed by atoms with Crippen LogP contribution in [-0.4, -0.2) is 259 Å². The number of aliphatic hydroxyl groups excluding tert-OH is 1. The number of hydrogen-bond acceptors (Lipinski definition) is 27. The van der Waals surface area contributed by atoms with Crippen molar-refractivity contribution >= 4 is 76.8 Å². The zero-order valence-electron chi connectivity index (χ0n) is 47.2. The molecule has 5 atom stereocenters. The van der Waals surface area contributed by atoms with E-state index in [-0.39, 0.29) is 180 Å². The molecule has 0 aliphatic carbocycles. The third-order valence-corrected chi connectivity index (χ3v) is 15.7. The average Bonchev–Trinajstić information content (AvgIpc) is 3.66. The van der Waals surface area contributed by atoms with Gasteiger partial charge in [-0.3, -0.25) is 57.4 Å². The molecule has 1 saturated heterocycles. The molecule has 0 aromatic carbocycles. The van der Waals surface area contributed by atoms with E-state index in [1.54, 1.807) is 21.0 Å². The van der Waals surface area contributed by atoms with Gasteiger partial charge in [0.15, 0.2) is 0 Å². The number of phosphoric acid groups is 3. The maximum atomic E-state index is 12.9. The van der Waals surface area contributed by atoms with E-state index in [1.165, 1.54) is 0 Å². The minimum absolute atomic E-state index is 0.0104. The van der Waals surface area contributed by atoms with E-state index in [4.69, 9.17) is 50.2 Å². The molecule has 496 valence electrons. The number of anilines is 1. The van der Waals surface area contributed by atoms with Gasteiger partial charge in [-0.25, -0.2) is 18.5 Å². The van der Waals surface area contributed by atoms with E-state index in [0.717, 1.165) is 10.8 Å². The molecule has 17 N–H and O–H groups in total. The van der Waals surface area contributed by atoms with Crippen LogP contribution in [0.3, 0.4) is 0 Å². The van der Waals surface area contributed by atoms with E-state index in [0.29, 0.717) is 5.70 Å². The molecule has 2 aliphatic rings. The number of rotatable bonds is 45. The van der Waals surface area contributed by atoms with E-state index in [1.807, 2.05) is 4.90 Å². The van der Waals surface area contributed by atoms with Crippen LogP contribution in [0.25, 0.3) is 0 Å². The fourth-order valence-electron chi connectivity index (χ4n) is 7.63. The first-order valence-corrected chi connectivity index (χ1v) is 31.1. The van der Waals surface area contributed by atoms with E-state index < -0.39 is 96.5 Å². The zero-order valence-corrected chi connectivity index (χ0v) is 49.9. The average molecular weight is 1320 g/mol. The number of phosphoric ester groups is 1. The molecule has 0 bridgehead atoms. The van der Waals surface area contributed by atoms with Crippen LogP contribution in [0.2, 0.25) is 0 Å². The van der Waals surface area contributed by atoms with E-state index >= 15 is 0 Å². The predicted molar refractivity (Wildman–Crippen MR) is 296 cm³/mol. The number of nitrogens with two attached hydrogens (primary N) is 1. The Morgan fingerprint density at radius 2 is 1.20 bits per heavy atom. The number of nitrogen functional groups attached to an aromatic ring is 1. The summed E-state index contributed by atoms with van der Waals surface area (Å²) in [6.45, 7) is -0.127. The maximum absolute atomic E-state index is 12.9.